The van der Waals surface area contributed by atoms with Crippen LogP contribution in [0.5, 0.6) is 0 Å². The van der Waals surface area contributed by atoms with Gasteiger partial charge >= 0.3 is 0 Å². The number of anilines is 1. The maximum Gasteiger partial charge on any atom is 0.255 e. The average Bonchev–Trinajstić information content (AvgIpc) is 3.27. The van der Waals surface area contributed by atoms with Gasteiger partial charge in [-0.25, -0.2) is 9.97 Å². The molecule has 2 N–H and O–H groups in total. The van der Waals surface area contributed by atoms with Gasteiger partial charge in [0.1, 0.15) is 5.82 Å². The minimum atomic E-state index is -0.676. The number of aliphatic hydroxyl groups is 1. The Morgan fingerprint density at radius 3 is 2.91 bits per heavy atom. The molecule has 2 aliphatic carbocycles. The number of imidazole rings is 1. The molecule has 4 atom stereocenters. The van der Waals surface area contributed by atoms with Gasteiger partial charge in [-0.05, 0) is 49.7 Å². The van der Waals surface area contributed by atoms with E-state index in [0.29, 0.717) is 17.8 Å². The first-order valence-electron chi connectivity index (χ1n) is 11.7. The van der Waals surface area contributed by atoms with Crippen molar-refractivity contribution in [3.05, 3.63) is 59.1 Å². The molecule has 0 radical (unpaired) electrons. The Balaban J connectivity index is 1.15. The highest BCUT2D eigenvalue weighted by Gasteiger charge is 2.45. The lowest BCUT2D eigenvalue weighted by molar-refractivity contribution is 0.0936. The molecule has 9 nitrogen and oxygen atoms in total. The molecular weight excluding hydrogens is 418 g/mol. The van der Waals surface area contributed by atoms with Crippen molar-refractivity contribution in [1.29, 1.82) is 0 Å². The fraction of sp³-hybridized carbons (Fsp3) is 0.500. The first-order chi connectivity index (χ1) is 16.0. The molecule has 172 valence electrons. The number of hydrogen-bond donors (Lipinski definition) is 2. The van der Waals surface area contributed by atoms with Crippen LogP contribution >= 0.6 is 0 Å². The van der Waals surface area contributed by atoms with Crippen molar-refractivity contribution in [3.63, 3.8) is 0 Å². The number of carbonyl (C=O) groups excluding carboxylic acids is 1. The summed E-state index contributed by atoms with van der Waals surface area (Å²) in [4.78, 5) is 24.4. The number of nitrogens with zero attached hydrogens (tertiary/aromatic N) is 6. The van der Waals surface area contributed by atoms with Crippen molar-refractivity contribution >= 4 is 11.7 Å². The average molecular weight is 448 g/mol. The maximum absolute atomic E-state index is 12.8. The first kappa shape index (κ1) is 20.4. The smallest absolute Gasteiger partial charge is 0.255 e. The van der Waals surface area contributed by atoms with E-state index in [9.17, 15) is 9.90 Å². The quantitative estimate of drug-likeness (QED) is 0.599. The van der Waals surface area contributed by atoms with Gasteiger partial charge in [0, 0.05) is 32.0 Å². The topological polar surface area (TPSA) is 101 Å². The van der Waals surface area contributed by atoms with E-state index < -0.39 is 6.10 Å². The molecule has 0 spiro atoms. The van der Waals surface area contributed by atoms with Gasteiger partial charge in [-0.2, -0.15) is 5.10 Å². The Kier molecular flexibility index (Phi) is 4.76. The summed E-state index contributed by atoms with van der Waals surface area (Å²) in [6.07, 6.45) is 7.58. The second kappa shape index (κ2) is 7.69. The lowest BCUT2D eigenvalue weighted by Crippen LogP contribution is -2.27. The first-order valence-corrected chi connectivity index (χ1v) is 11.7. The summed E-state index contributed by atoms with van der Waals surface area (Å²) in [6, 6.07) is 4.00. The normalized spacial score (nSPS) is 24.0. The number of aromatic nitrogens is 5. The van der Waals surface area contributed by atoms with E-state index in [1.807, 2.05) is 23.7 Å². The second-order valence-electron chi connectivity index (χ2n) is 9.73. The molecule has 0 aromatic carbocycles. The van der Waals surface area contributed by atoms with Crippen molar-refractivity contribution in [2.24, 2.45) is 18.9 Å². The van der Waals surface area contributed by atoms with Crippen molar-refractivity contribution in [2.45, 2.75) is 44.9 Å². The molecule has 1 amide bonds. The highest BCUT2D eigenvalue weighted by atomic mass is 16.3. The van der Waals surface area contributed by atoms with Gasteiger partial charge in [-0.1, -0.05) is 6.07 Å². The summed E-state index contributed by atoms with van der Waals surface area (Å²) >= 11 is 0. The molecular formula is C24H29N7O2. The molecule has 3 aromatic rings. The van der Waals surface area contributed by atoms with Crippen molar-refractivity contribution < 1.29 is 9.90 Å². The number of carbonyl (C=O) groups is 1. The van der Waals surface area contributed by atoms with Gasteiger partial charge in [0.25, 0.3) is 5.91 Å². The van der Waals surface area contributed by atoms with Gasteiger partial charge in [-0.15, -0.1) is 0 Å². The van der Waals surface area contributed by atoms with Crippen LogP contribution in [0.4, 0.5) is 5.82 Å². The number of nitrogens with one attached hydrogen (secondary N) is 1. The third-order valence-corrected chi connectivity index (χ3v) is 7.32. The summed E-state index contributed by atoms with van der Waals surface area (Å²) in [5, 5.41) is 17.8. The largest absolute Gasteiger partial charge is 0.387 e. The molecule has 1 saturated heterocycles. The third kappa shape index (κ3) is 3.70. The fourth-order valence-electron chi connectivity index (χ4n) is 5.36. The van der Waals surface area contributed by atoms with Crippen LogP contribution in [-0.2, 0) is 20.0 Å². The highest BCUT2D eigenvalue weighted by molar-refractivity contribution is 5.94. The zero-order valence-electron chi connectivity index (χ0n) is 19.0. The van der Waals surface area contributed by atoms with Gasteiger partial charge in [0.15, 0.2) is 0 Å². The molecule has 4 heterocycles. The zero-order chi connectivity index (χ0) is 22.7. The van der Waals surface area contributed by atoms with E-state index >= 15 is 0 Å². The standard InChI is InChI=1S/C24H29N7O2/c1-14(32)22-15(3-6-21(28-22)30-9-16-7-17(16)10-30)11-31-12-18(8-26-31)24(33)27-19-4-5-20-23(19)25-13-29(20)2/h3,6,8,12-14,16-17,19,32H,4-5,7,9-11H2,1-2H3,(H,27,33)/t14-,16?,17?,19+/m0/s1. The SMILES string of the molecule is C[C@H](O)c1nc(N2CC3CC3C2)ccc1Cn1cc(C(=O)N[C@@H]2CCc3c2ncn3C)cn1. The van der Waals surface area contributed by atoms with Gasteiger partial charge in [0.05, 0.1) is 48.2 Å². The Bertz CT molecular complexity index is 1200. The zero-order valence-corrected chi connectivity index (χ0v) is 19.0. The van der Waals surface area contributed by atoms with Crippen molar-refractivity contribution in [1.82, 2.24) is 29.6 Å². The van der Waals surface area contributed by atoms with Crippen LogP contribution in [0.15, 0.2) is 30.9 Å². The van der Waals surface area contributed by atoms with Crippen molar-refractivity contribution in [2.75, 3.05) is 18.0 Å². The second-order valence-corrected chi connectivity index (χ2v) is 9.73. The summed E-state index contributed by atoms with van der Waals surface area (Å²) < 4.78 is 3.74. The van der Waals surface area contributed by atoms with Crippen molar-refractivity contribution in [3.8, 4) is 0 Å². The predicted octanol–water partition coefficient (Wildman–Crippen LogP) is 1.99. The number of aryl methyl sites for hydroxylation is 1. The van der Waals surface area contributed by atoms with E-state index in [1.165, 1.54) is 12.1 Å². The van der Waals surface area contributed by atoms with Crippen LogP contribution in [0.1, 0.15) is 64.9 Å². The lowest BCUT2D eigenvalue weighted by Gasteiger charge is -2.21. The lowest BCUT2D eigenvalue weighted by atomic mass is 10.1. The Labute approximate surface area is 192 Å². The third-order valence-electron chi connectivity index (χ3n) is 7.32. The number of piperidine rings is 1. The monoisotopic (exact) mass is 447 g/mol. The van der Waals surface area contributed by atoms with E-state index in [1.54, 1.807) is 30.3 Å². The Morgan fingerprint density at radius 1 is 1.30 bits per heavy atom. The Morgan fingerprint density at radius 2 is 2.12 bits per heavy atom. The summed E-state index contributed by atoms with van der Waals surface area (Å²) in [6.45, 7) is 4.32. The molecule has 9 heteroatoms. The van der Waals surface area contributed by atoms with E-state index in [2.05, 4.69) is 20.3 Å². The summed E-state index contributed by atoms with van der Waals surface area (Å²) in [5.41, 5.74) is 4.23. The molecule has 33 heavy (non-hydrogen) atoms. The minimum Gasteiger partial charge on any atom is -0.387 e. The molecule has 0 bridgehead atoms. The summed E-state index contributed by atoms with van der Waals surface area (Å²) in [7, 11) is 1.98. The number of hydrogen-bond acceptors (Lipinski definition) is 6. The number of pyridine rings is 1. The number of rotatable bonds is 6. The van der Waals surface area contributed by atoms with Crippen LogP contribution in [0.2, 0.25) is 0 Å². The van der Waals surface area contributed by atoms with Crippen LogP contribution in [0, 0.1) is 11.8 Å². The van der Waals surface area contributed by atoms with Crippen LogP contribution in [0.25, 0.3) is 0 Å². The van der Waals surface area contributed by atoms with Gasteiger partial charge in [-0.3, -0.25) is 9.48 Å². The number of aliphatic hydroxyl groups excluding tert-OH is 1. The molecule has 1 saturated carbocycles. The van der Waals surface area contributed by atoms with Gasteiger partial charge in [0.2, 0.25) is 0 Å². The number of amides is 1. The maximum atomic E-state index is 12.8. The highest BCUT2D eigenvalue weighted by Crippen LogP contribution is 2.46. The Hall–Kier alpha value is -3.20. The molecule has 6 rings (SSSR count). The molecule has 3 aliphatic rings. The van der Waals surface area contributed by atoms with E-state index in [0.717, 1.165) is 54.8 Å². The van der Waals surface area contributed by atoms with Gasteiger partial charge < -0.3 is 19.9 Å². The minimum absolute atomic E-state index is 0.0627. The summed E-state index contributed by atoms with van der Waals surface area (Å²) in [5.74, 6) is 2.43. The molecule has 2 fully saturated rings. The van der Waals surface area contributed by atoms with Crippen LogP contribution in [-0.4, -0.2) is 48.4 Å². The predicted molar refractivity (Wildman–Crippen MR) is 122 cm³/mol. The number of fused-ring (bicyclic) bond motifs is 2. The molecule has 2 unspecified atom stereocenters. The van der Waals surface area contributed by atoms with E-state index in [-0.39, 0.29) is 11.9 Å². The molecule has 3 aromatic heterocycles. The molecule has 1 aliphatic heterocycles. The van der Waals surface area contributed by atoms with Crippen LogP contribution in [0.3, 0.4) is 0 Å². The van der Waals surface area contributed by atoms with E-state index in [4.69, 9.17) is 4.98 Å². The fourth-order valence-corrected chi connectivity index (χ4v) is 5.36. The van der Waals surface area contributed by atoms with Crippen LogP contribution < -0.4 is 10.2 Å².